The molecule has 1 aliphatic carbocycles. The molecule has 4 aromatic heterocycles. The van der Waals surface area contributed by atoms with E-state index in [-0.39, 0.29) is 22.7 Å². The average molecular weight is 544 g/mol. The van der Waals surface area contributed by atoms with Crippen LogP contribution in [0.1, 0.15) is 30.1 Å². The Kier molecular flexibility index (Phi) is 5.94. The fraction of sp³-hybridized carbons (Fsp3) is 0.286. The van der Waals surface area contributed by atoms with Crippen LogP contribution in [0.5, 0.6) is 11.8 Å². The van der Waals surface area contributed by atoms with Crippen LogP contribution in [-0.2, 0) is 0 Å². The molecule has 2 aliphatic rings. The van der Waals surface area contributed by atoms with E-state index in [0.29, 0.717) is 42.2 Å². The van der Waals surface area contributed by atoms with E-state index in [2.05, 4.69) is 45.2 Å². The Morgan fingerprint density at radius 3 is 2.50 bits per heavy atom. The van der Waals surface area contributed by atoms with E-state index < -0.39 is 11.6 Å². The number of hydrogen-bond donors (Lipinski definition) is 3. The van der Waals surface area contributed by atoms with Crippen LogP contribution in [0.3, 0.4) is 0 Å². The molecule has 2 fully saturated rings. The molecule has 0 spiro atoms. The van der Waals surface area contributed by atoms with Crippen LogP contribution in [0.2, 0.25) is 0 Å². The van der Waals surface area contributed by atoms with E-state index in [1.165, 1.54) is 0 Å². The van der Waals surface area contributed by atoms with Gasteiger partial charge < -0.3 is 24.8 Å². The molecule has 204 valence electrons. The minimum Gasteiger partial charge on any atom is -0.421 e. The van der Waals surface area contributed by atoms with Crippen LogP contribution in [0, 0.1) is 18.6 Å². The monoisotopic (exact) mass is 543 g/mol. The first-order chi connectivity index (χ1) is 19.5. The molecule has 0 atom stereocenters. The number of fused-ring (bicyclic) bond motifs is 1. The zero-order valence-electron chi connectivity index (χ0n) is 21.8. The molecule has 0 radical (unpaired) electrons. The van der Waals surface area contributed by atoms with Gasteiger partial charge in [0.15, 0.2) is 23.2 Å². The maximum absolute atomic E-state index is 15.3. The minimum absolute atomic E-state index is 0.0927. The maximum Gasteiger partial charge on any atom is 0.326 e. The smallest absolute Gasteiger partial charge is 0.326 e. The molecule has 5 heterocycles. The van der Waals surface area contributed by atoms with Gasteiger partial charge in [-0.2, -0.15) is 15.1 Å². The highest BCUT2D eigenvalue weighted by Gasteiger charge is 2.26. The summed E-state index contributed by atoms with van der Waals surface area (Å²) in [4.78, 5) is 20.7. The van der Waals surface area contributed by atoms with Crippen LogP contribution in [0.25, 0.3) is 10.9 Å². The first kappa shape index (κ1) is 24.3. The third-order valence-electron chi connectivity index (χ3n) is 7.24. The second-order valence-electron chi connectivity index (χ2n) is 10.2. The topological polar surface area (TPSA) is 111 Å². The highest BCUT2D eigenvalue weighted by molar-refractivity contribution is 5.83. The lowest BCUT2D eigenvalue weighted by Crippen LogP contribution is -2.47. The maximum atomic E-state index is 15.3. The Balaban J connectivity index is 1.19. The van der Waals surface area contributed by atoms with Gasteiger partial charge in [0.2, 0.25) is 0 Å². The minimum atomic E-state index is -0.686. The molecule has 10 nitrogen and oxygen atoms in total. The fourth-order valence-electron chi connectivity index (χ4n) is 5.03. The number of nitrogens with zero attached hydrogens (tertiary/aromatic N) is 6. The number of rotatable bonds is 7. The summed E-state index contributed by atoms with van der Waals surface area (Å²) in [5.74, 6) is 1.49. The van der Waals surface area contributed by atoms with Crippen molar-refractivity contribution in [3.63, 3.8) is 0 Å². The number of hydrogen-bond acceptors (Lipinski definition) is 8. The lowest BCUT2D eigenvalue weighted by molar-refractivity contribution is 0.410. The van der Waals surface area contributed by atoms with Crippen molar-refractivity contribution in [2.24, 2.45) is 0 Å². The standard InChI is InChI=1S/C28H27F2N9O/c1-16-12-18-26(30)21(13-19(29)27(18)32-16)40-28-34-22(33-23-14-20(36-37-23)17-5-6-17)15-25(35-28)39-10-8-38(9-11-39)24-4-2-3-7-31-24/h2-4,7,12-15,17,32H,5-6,8-11H2,1H3,(H2,33,34,35,36,37). The summed E-state index contributed by atoms with van der Waals surface area (Å²) in [6, 6.07) is 12.1. The van der Waals surface area contributed by atoms with Crippen LogP contribution >= 0.6 is 0 Å². The molecule has 12 heteroatoms. The fourth-order valence-corrected chi connectivity index (χ4v) is 5.03. The zero-order valence-corrected chi connectivity index (χ0v) is 21.8. The van der Waals surface area contributed by atoms with E-state index in [1.54, 1.807) is 19.2 Å². The summed E-state index contributed by atoms with van der Waals surface area (Å²) >= 11 is 0. The van der Waals surface area contributed by atoms with Gasteiger partial charge in [0.25, 0.3) is 0 Å². The van der Waals surface area contributed by atoms with E-state index in [1.807, 2.05) is 30.3 Å². The molecular formula is C28H27F2N9O. The second-order valence-corrected chi connectivity index (χ2v) is 10.2. The summed E-state index contributed by atoms with van der Waals surface area (Å²) in [5.41, 5.74) is 1.81. The molecule has 1 aromatic carbocycles. The van der Waals surface area contributed by atoms with Gasteiger partial charge in [0, 0.05) is 73.3 Å². The predicted molar refractivity (Wildman–Crippen MR) is 148 cm³/mol. The van der Waals surface area contributed by atoms with Gasteiger partial charge >= 0.3 is 6.01 Å². The number of nitrogens with one attached hydrogen (secondary N) is 3. The molecule has 3 N–H and O–H groups in total. The number of benzene rings is 1. The van der Waals surface area contributed by atoms with Gasteiger partial charge in [-0.05, 0) is 38.0 Å². The van der Waals surface area contributed by atoms with Crippen molar-refractivity contribution in [1.29, 1.82) is 0 Å². The third kappa shape index (κ3) is 4.76. The molecular weight excluding hydrogens is 516 g/mol. The number of anilines is 4. The molecule has 40 heavy (non-hydrogen) atoms. The number of piperazine rings is 1. The number of pyridine rings is 1. The van der Waals surface area contributed by atoms with Gasteiger partial charge in [-0.1, -0.05) is 6.07 Å². The Bertz CT molecular complexity index is 1670. The van der Waals surface area contributed by atoms with Crippen molar-refractivity contribution < 1.29 is 13.5 Å². The normalized spacial score (nSPS) is 15.6. The van der Waals surface area contributed by atoms with E-state index in [9.17, 15) is 4.39 Å². The quantitative estimate of drug-likeness (QED) is 0.250. The Morgan fingerprint density at radius 1 is 0.950 bits per heavy atom. The largest absolute Gasteiger partial charge is 0.421 e. The average Bonchev–Trinajstić information content (AvgIpc) is 3.58. The van der Waals surface area contributed by atoms with Crippen LogP contribution in [-0.4, -0.2) is 56.3 Å². The van der Waals surface area contributed by atoms with Crippen LogP contribution in [0.15, 0.2) is 48.7 Å². The SMILES string of the molecule is Cc1cc2c(F)c(Oc3nc(Nc4cc(C5CC5)[nH]n4)cc(N4CCN(c5ccccn5)CC4)n3)cc(F)c2[nH]1. The van der Waals surface area contributed by atoms with Crippen molar-refractivity contribution in [2.75, 3.05) is 41.3 Å². The van der Waals surface area contributed by atoms with Crippen molar-refractivity contribution in [3.05, 3.63) is 71.7 Å². The first-order valence-electron chi connectivity index (χ1n) is 13.3. The first-order valence-corrected chi connectivity index (χ1v) is 13.3. The van der Waals surface area contributed by atoms with Crippen LogP contribution < -0.4 is 19.9 Å². The number of aryl methyl sites for hydroxylation is 1. The lowest BCUT2D eigenvalue weighted by Gasteiger charge is -2.36. The molecule has 0 bridgehead atoms. The Labute approximate surface area is 228 Å². The van der Waals surface area contributed by atoms with E-state index in [0.717, 1.165) is 43.5 Å². The summed E-state index contributed by atoms with van der Waals surface area (Å²) in [7, 11) is 0. The molecule has 1 aliphatic heterocycles. The van der Waals surface area contributed by atoms with E-state index >= 15 is 4.39 Å². The number of aromatic amines is 2. The molecule has 1 saturated carbocycles. The molecule has 5 aromatic rings. The highest BCUT2D eigenvalue weighted by atomic mass is 19.1. The number of halogens is 2. The zero-order chi connectivity index (χ0) is 27.2. The van der Waals surface area contributed by atoms with E-state index in [4.69, 9.17) is 4.74 Å². The second kappa shape index (κ2) is 9.78. The lowest BCUT2D eigenvalue weighted by atomic mass is 10.2. The van der Waals surface area contributed by atoms with Gasteiger partial charge in [-0.15, -0.1) is 0 Å². The van der Waals surface area contributed by atoms with Gasteiger partial charge in [0.1, 0.15) is 17.5 Å². The summed E-state index contributed by atoms with van der Waals surface area (Å²) in [5, 5.41) is 10.7. The summed E-state index contributed by atoms with van der Waals surface area (Å²) in [6.45, 7) is 4.58. The molecule has 7 rings (SSSR count). The van der Waals surface area contributed by atoms with Crippen LogP contribution in [0.4, 0.5) is 32.1 Å². The molecule has 1 saturated heterocycles. The number of aromatic nitrogens is 6. The summed E-state index contributed by atoms with van der Waals surface area (Å²) < 4.78 is 35.9. The molecule has 0 unspecified atom stereocenters. The Hall–Kier alpha value is -4.74. The third-order valence-corrected chi connectivity index (χ3v) is 7.24. The molecule has 0 amide bonds. The van der Waals surface area contributed by atoms with Crippen molar-refractivity contribution in [2.45, 2.75) is 25.7 Å². The highest BCUT2D eigenvalue weighted by Crippen LogP contribution is 2.40. The Morgan fingerprint density at radius 2 is 1.75 bits per heavy atom. The number of ether oxygens (including phenoxy) is 1. The van der Waals surface area contributed by atoms with Gasteiger partial charge in [-0.25, -0.2) is 13.8 Å². The van der Waals surface area contributed by atoms with Crippen molar-refractivity contribution in [3.8, 4) is 11.8 Å². The van der Waals surface area contributed by atoms with Gasteiger partial charge in [-0.3, -0.25) is 5.10 Å². The number of H-pyrrole nitrogens is 2. The van der Waals surface area contributed by atoms with Crippen molar-refractivity contribution >= 4 is 34.2 Å². The summed E-state index contributed by atoms with van der Waals surface area (Å²) in [6.07, 6.45) is 4.08. The van der Waals surface area contributed by atoms with Gasteiger partial charge in [0.05, 0.1) is 5.52 Å². The van der Waals surface area contributed by atoms with Crippen molar-refractivity contribution in [1.82, 2.24) is 30.1 Å². The predicted octanol–water partition coefficient (Wildman–Crippen LogP) is 5.40.